The minimum absolute atomic E-state index is 0.0589. The first kappa shape index (κ1) is 17.1. The van der Waals surface area contributed by atoms with Gasteiger partial charge in [-0.3, -0.25) is 4.79 Å². The zero-order chi connectivity index (χ0) is 17.1. The Bertz CT molecular complexity index is 714. The number of thioether (sulfide) groups is 1. The molecule has 3 nitrogen and oxygen atoms in total. The Balaban J connectivity index is 1.67. The lowest BCUT2D eigenvalue weighted by molar-refractivity contribution is -0.908. The molecule has 0 saturated heterocycles. The van der Waals surface area contributed by atoms with Gasteiger partial charge in [-0.1, -0.05) is 30.3 Å². The predicted octanol–water partition coefficient (Wildman–Crippen LogP) is 2.40. The van der Waals surface area contributed by atoms with Crippen LogP contribution in [0.2, 0.25) is 0 Å². The third-order valence-electron chi connectivity index (χ3n) is 4.90. The van der Waals surface area contributed by atoms with Crippen molar-refractivity contribution >= 4 is 23.4 Å². The van der Waals surface area contributed by atoms with Gasteiger partial charge in [0.1, 0.15) is 6.54 Å². The van der Waals surface area contributed by atoms with Gasteiger partial charge in [0.25, 0.3) is 5.91 Å². The molecule has 0 saturated carbocycles. The summed E-state index contributed by atoms with van der Waals surface area (Å²) in [7, 11) is 2.10. The van der Waals surface area contributed by atoms with Crippen LogP contribution in [0, 0.1) is 0 Å². The van der Waals surface area contributed by atoms with Gasteiger partial charge in [0.05, 0.1) is 7.05 Å². The lowest BCUT2D eigenvalue weighted by Gasteiger charge is -2.26. The molecule has 1 aliphatic rings. The van der Waals surface area contributed by atoms with E-state index in [0.717, 1.165) is 25.2 Å². The second-order valence-corrected chi connectivity index (χ2v) is 7.34. The number of hydrogen-bond acceptors (Lipinski definition) is 2. The molecule has 0 bridgehead atoms. The van der Waals surface area contributed by atoms with Crippen LogP contribution in [0.4, 0.5) is 5.69 Å². The Labute approximate surface area is 148 Å². The molecule has 2 aromatic carbocycles. The van der Waals surface area contributed by atoms with Crippen LogP contribution in [0.15, 0.2) is 53.4 Å². The molecule has 126 valence electrons. The highest BCUT2D eigenvalue weighted by atomic mass is 32.2. The summed E-state index contributed by atoms with van der Waals surface area (Å²) in [4.78, 5) is 17.4. The molecule has 0 aliphatic carbocycles. The third kappa shape index (κ3) is 3.50. The van der Waals surface area contributed by atoms with Gasteiger partial charge in [0.2, 0.25) is 0 Å². The number of anilines is 1. The lowest BCUT2D eigenvalue weighted by Crippen LogP contribution is -3.12. The summed E-state index contributed by atoms with van der Waals surface area (Å²) in [6.07, 6.45) is 3.05. The summed E-state index contributed by atoms with van der Waals surface area (Å²) in [6, 6.07) is 16.8. The van der Waals surface area contributed by atoms with Crippen LogP contribution in [0.3, 0.4) is 0 Å². The summed E-state index contributed by atoms with van der Waals surface area (Å²) in [6.45, 7) is 3.70. The molecule has 0 fully saturated rings. The highest BCUT2D eigenvalue weighted by Crippen LogP contribution is 2.27. The maximum Gasteiger partial charge on any atom is 0.284 e. The Morgan fingerprint density at radius 1 is 1.21 bits per heavy atom. The van der Waals surface area contributed by atoms with Crippen molar-refractivity contribution in [2.75, 3.05) is 24.7 Å². The van der Waals surface area contributed by atoms with Crippen molar-refractivity contribution in [1.29, 1.82) is 0 Å². The molecule has 3 rings (SSSR count). The molecule has 1 N–H and O–H groups in total. The molecule has 1 heterocycles. The molecule has 0 radical (unpaired) electrons. The molecule has 2 aromatic rings. The molecule has 1 amide bonds. The Morgan fingerprint density at radius 2 is 1.92 bits per heavy atom. The van der Waals surface area contributed by atoms with E-state index >= 15 is 0 Å². The van der Waals surface area contributed by atoms with E-state index in [-0.39, 0.29) is 11.9 Å². The van der Waals surface area contributed by atoms with E-state index in [1.54, 1.807) is 11.8 Å². The lowest BCUT2D eigenvalue weighted by atomic mass is 10.1. The summed E-state index contributed by atoms with van der Waals surface area (Å²) >= 11 is 1.75. The molecular weight excluding hydrogens is 316 g/mol. The fourth-order valence-corrected chi connectivity index (χ4v) is 3.64. The molecule has 1 aliphatic heterocycles. The highest BCUT2D eigenvalue weighted by Gasteiger charge is 2.31. The fraction of sp³-hybridized carbons (Fsp3) is 0.350. The van der Waals surface area contributed by atoms with E-state index in [4.69, 9.17) is 0 Å². The number of para-hydroxylation sites is 1. The number of amides is 1. The van der Waals surface area contributed by atoms with Gasteiger partial charge in [0.15, 0.2) is 6.04 Å². The first-order valence-corrected chi connectivity index (χ1v) is 9.67. The maximum absolute atomic E-state index is 12.9. The summed E-state index contributed by atoms with van der Waals surface area (Å²) in [5, 5.41) is 0. The number of rotatable bonds is 5. The summed E-state index contributed by atoms with van der Waals surface area (Å²) < 4.78 is 0. The number of benzene rings is 2. The van der Waals surface area contributed by atoms with E-state index in [2.05, 4.69) is 49.7 Å². The van der Waals surface area contributed by atoms with Gasteiger partial charge in [-0.15, -0.1) is 11.8 Å². The SMILES string of the molecule is CSc1ccc(C[NH+](C)[C@@H](C)C(=O)N2CCc3ccccc32)cc1. The number of hydrogen-bond donors (Lipinski definition) is 1. The second-order valence-electron chi connectivity index (χ2n) is 6.46. The van der Waals surface area contributed by atoms with Crippen LogP contribution in [-0.4, -0.2) is 31.8 Å². The van der Waals surface area contributed by atoms with Gasteiger partial charge >= 0.3 is 0 Å². The number of carbonyl (C=O) groups is 1. The van der Waals surface area contributed by atoms with Crippen LogP contribution < -0.4 is 9.80 Å². The van der Waals surface area contributed by atoms with Crippen molar-refractivity contribution in [3.63, 3.8) is 0 Å². The minimum Gasteiger partial charge on any atom is -0.324 e. The average Bonchev–Trinajstić information content (AvgIpc) is 3.05. The molecule has 24 heavy (non-hydrogen) atoms. The smallest absolute Gasteiger partial charge is 0.284 e. The zero-order valence-electron chi connectivity index (χ0n) is 14.6. The Kier molecular flexibility index (Phi) is 5.27. The van der Waals surface area contributed by atoms with Crippen molar-refractivity contribution in [2.45, 2.75) is 30.8 Å². The van der Waals surface area contributed by atoms with Crippen LogP contribution >= 0.6 is 11.8 Å². The monoisotopic (exact) mass is 341 g/mol. The molecular formula is C20H25N2OS+. The zero-order valence-corrected chi connectivity index (χ0v) is 15.4. The van der Waals surface area contributed by atoms with Crippen LogP contribution in [0.5, 0.6) is 0 Å². The van der Waals surface area contributed by atoms with E-state index in [0.29, 0.717) is 0 Å². The van der Waals surface area contributed by atoms with Crippen LogP contribution in [0.1, 0.15) is 18.1 Å². The second kappa shape index (κ2) is 7.41. The molecule has 4 heteroatoms. The summed E-state index contributed by atoms with van der Waals surface area (Å²) in [5.74, 6) is 0.221. The molecule has 0 spiro atoms. The van der Waals surface area contributed by atoms with E-state index in [1.165, 1.54) is 20.9 Å². The predicted molar refractivity (Wildman–Crippen MR) is 101 cm³/mol. The van der Waals surface area contributed by atoms with Crippen molar-refractivity contribution in [3.05, 3.63) is 59.7 Å². The first-order chi connectivity index (χ1) is 11.6. The Hall–Kier alpha value is -1.78. The quantitative estimate of drug-likeness (QED) is 0.845. The van der Waals surface area contributed by atoms with E-state index < -0.39 is 0 Å². The minimum atomic E-state index is -0.0589. The van der Waals surface area contributed by atoms with E-state index in [1.807, 2.05) is 24.0 Å². The maximum atomic E-state index is 12.9. The fourth-order valence-electron chi connectivity index (χ4n) is 3.23. The normalized spacial score (nSPS) is 15.9. The standard InChI is InChI=1S/C20H24N2OS/c1-15(21(2)14-16-8-10-18(24-3)11-9-16)20(23)22-13-12-17-6-4-5-7-19(17)22/h4-11,15H,12-14H2,1-3H3/p+1/t15-/m0/s1. The largest absolute Gasteiger partial charge is 0.324 e. The summed E-state index contributed by atoms with van der Waals surface area (Å²) in [5.41, 5.74) is 3.64. The van der Waals surface area contributed by atoms with Gasteiger partial charge in [-0.05, 0) is 43.4 Å². The Morgan fingerprint density at radius 3 is 2.62 bits per heavy atom. The number of quaternary nitrogens is 1. The number of fused-ring (bicyclic) bond motifs is 1. The third-order valence-corrected chi connectivity index (χ3v) is 5.65. The van der Waals surface area contributed by atoms with E-state index in [9.17, 15) is 4.79 Å². The molecule has 0 aromatic heterocycles. The van der Waals surface area contributed by atoms with Gasteiger partial charge in [-0.25, -0.2) is 0 Å². The number of nitrogens with zero attached hydrogens (tertiary/aromatic N) is 1. The number of likely N-dealkylation sites (N-methyl/N-ethyl adjacent to an activating group) is 1. The van der Waals surface area contributed by atoms with Crippen molar-refractivity contribution in [1.82, 2.24) is 0 Å². The van der Waals surface area contributed by atoms with Crippen molar-refractivity contribution in [3.8, 4) is 0 Å². The van der Waals surface area contributed by atoms with Crippen LogP contribution in [-0.2, 0) is 17.8 Å². The average molecular weight is 342 g/mol. The highest BCUT2D eigenvalue weighted by molar-refractivity contribution is 7.98. The van der Waals surface area contributed by atoms with Gasteiger partial charge < -0.3 is 9.80 Å². The topological polar surface area (TPSA) is 24.8 Å². The van der Waals surface area contributed by atoms with Crippen molar-refractivity contribution in [2.24, 2.45) is 0 Å². The van der Waals surface area contributed by atoms with Gasteiger partial charge in [0, 0.05) is 22.7 Å². The van der Waals surface area contributed by atoms with Gasteiger partial charge in [-0.2, -0.15) is 0 Å². The number of nitrogens with one attached hydrogen (secondary N) is 1. The van der Waals surface area contributed by atoms with Crippen LogP contribution in [0.25, 0.3) is 0 Å². The molecule has 2 atom stereocenters. The first-order valence-electron chi connectivity index (χ1n) is 8.44. The number of carbonyl (C=O) groups excluding carboxylic acids is 1. The molecule has 1 unspecified atom stereocenters. The van der Waals surface area contributed by atoms with Crippen molar-refractivity contribution < 1.29 is 9.69 Å².